The van der Waals surface area contributed by atoms with E-state index >= 15 is 0 Å². The predicted molar refractivity (Wildman–Crippen MR) is 104 cm³/mol. The van der Waals surface area contributed by atoms with Gasteiger partial charge >= 0.3 is 0 Å². The molecule has 3 aromatic carbocycles. The molecular formula is C19H14BrN5. The molecule has 0 amide bonds. The molecule has 0 atom stereocenters. The fourth-order valence-corrected chi connectivity index (χ4v) is 2.66. The Labute approximate surface area is 153 Å². The van der Waals surface area contributed by atoms with Gasteiger partial charge in [0.25, 0.3) is 0 Å². The average molecular weight is 392 g/mol. The first-order chi connectivity index (χ1) is 12.3. The van der Waals surface area contributed by atoms with Crippen molar-refractivity contribution in [3.05, 3.63) is 82.8 Å². The number of aromatic nitrogens is 3. The molecule has 0 aliphatic rings. The molecule has 122 valence electrons. The Morgan fingerprint density at radius 2 is 1.64 bits per heavy atom. The average Bonchev–Trinajstić information content (AvgIpc) is 3.07. The number of benzene rings is 3. The van der Waals surface area contributed by atoms with Crippen LogP contribution in [0.15, 0.2) is 82.4 Å². The zero-order valence-corrected chi connectivity index (χ0v) is 14.8. The monoisotopic (exact) mass is 391 g/mol. The first kappa shape index (κ1) is 15.5. The third-order valence-corrected chi connectivity index (χ3v) is 4.17. The molecular weight excluding hydrogens is 378 g/mol. The van der Waals surface area contributed by atoms with Crippen LogP contribution in [0.1, 0.15) is 5.56 Å². The lowest BCUT2D eigenvalue weighted by Crippen LogP contribution is -1.97. The summed E-state index contributed by atoms with van der Waals surface area (Å²) in [6.07, 6.45) is 1.78. The van der Waals surface area contributed by atoms with Crippen LogP contribution in [0.2, 0.25) is 0 Å². The Balaban J connectivity index is 1.54. The van der Waals surface area contributed by atoms with Crippen molar-refractivity contribution < 1.29 is 0 Å². The van der Waals surface area contributed by atoms with Crippen molar-refractivity contribution in [1.29, 1.82) is 0 Å². The molecule has 0 unspecified atom stereocenters. The Hall–Kier alpha value is -2.99. The first-order valence-electron chi connectivity index (χ1n) is 7.75. The van der Waals surface area contributed by atoms with E-state index in [4.69, 9.17) is 0 Å². The van der Waals surface area contributed by atoms with Crippen molar-refractivity contribution in [2.45, 2.75) is 0 Å². The second-order valence-electron chi connectivity index (χ2n) is 5.45. The topological polar surface area (TPSA) is 55.1 Å². The zero-order valence-electron chi connectivity index (χ0n) is 13.2. The van der Waals surface area contributed by atoms with Crippen molar-refractivity contribution >= 4 is 38.9 Å². The molecule has 0 saturated heterocycles. The van der Waals surface area contributed by atoms with E-state index in [2.05, 4.69) is 36.7 Å². The number of para-hydroxylation sites is 1. The molecule has 0 radical (unpaired) electrons. The maximum Gasteiger partial charge on any atom is 0.115 e. The Morgan fingerprint density at radius 1 is 0.880 bits per heavy atom. The summed E-state index contributed by atoms with van der Waals surface area (Å²) in [7, 11) is 0. The van der Waals surface area contributed by atoms with Crippen molar-refractivity contribution in [3.8, 4) is 5.69 Å². The van der Waals surface area contributed by atoms with Crippen molar-refractivity contribution in [1.82, 2.24) is 15.0 Å². The summed E-state index contributed by atoms with van der Waals surface area (Å²) >= 11 is 3.42. The van der Waals surface area contributed by atoms with Gasteiger partial charge in [-0.25, -0.2) is 0 Å². The van der Waals surface area contributed by atoms with Gasteiger partial charge < -0.3 is 0 Å². The third-order valence-electron chi connectivity index (χ3n) is 3.64. The van der Waals surface area contributed by atoms with Gasteiger partial charge in [-0.3, -0.25) is 5.43 Å². The Bertz CT molecular complexity index is 1020. The van der Waals surface area contributed by atoms with E-state index in [0.29, 0.717) is 0 Å². The van der Waals surface area contributed by atoms with Crippen molar-refractivity contribution in [3.63, 3.8) is 0 Å². The number of anilines is 1. The molecule has 4 rings (SSSR count). The number of fused-ring (bicyclic) bond motifs is 1. The number of nitrogens with one attached hydrogen (secondary N) is 1. The largest absolute Gasteiger partial charge is 0.278 e. The van der Waals surface area contributed by atoms with E-state index in [0.717, 1.165) is 32.4 Å². The van der Waals surface area contributed by atoms with Crippen LogP contribution in [0.3, 0.4) is 0 Å². The van der Waals surface area contributed by atoms with Gasteiger partial charge in [0.2, 0.25) is 0 Å². The summed E-state index contributed by atoms with van der Waals surface area (Å²) in [5.41, 5.74) is 7.50. The molecule has 0 saturated carbocycles. The normalized spacial score (nSPS) is 11.2. The summed E-state index contributed by atoms with van der Waals surface area (Å²) < 4.78 is 1.05. The van der Waals surface area contributed by atoms with Gasteiger partial charge in [0.15, 0.2) is 0 Å². The molecule has 1 N–H and O–H groups in total. The van der Waals surface area contributed by atoms with Crippen LogP contribution in [-0.2, 0) is 0 Å². The highest BCUT2D eigenvalue weighted by molar-refractivity contribution is 9.10. The van der Waals surface area contributed by atoms with E-state index in [1.807, 2.05) is 72.8 Å². The van der Waals surface area contributed by atoms with Crippen LogP contribution in [0.4, 0.5) is 5.69 Å². The molecule has 5 nitrogen and oxygen atoms in total. The van der Waals surface area contributed by atoms with Crippen LogP contribution < -0.4 is 5.43 Å². The highest BCUT2D eigenvalue weighted by Crippen LogP contribution is 2.17. The minimum absolute atomic E-state index is 0.813. The van der Waals surface area contributed by atoms with Gasteiger partial charge in [-0.2, -0.15) is 9.90 Å². The quantitative estimate of drug-likeness (QED) is 0.407. The second-order valence-corrected chi connectivity index (χ2v) is 6.37. The number of hydrazone groups is 1. The van der Waals surface area contributed by atoms with E-state index < -0.39 is 0 Å². The summed E-state index contributed by atoms with van der Waals surface area (Å²) in [6.45, 7) is 0. The Kier molecular flexibility index (Phi) is 4.26. The summed E-state index contributed by atoms with van der Waals surface area (Å²) in [5, 5.41) is 13.3. The van der Waals surface area contributed by atoms with Crippen LogP contribution >= 0.6 is 15.9 Å². The third kappa shape index (κ3) is 3.59. The first-order valence-corrected chi connectivity index (χ1v) is 8.54. The molecule has 6 heteroatoms. The molecule has 1 heterocycles. The minimum atomic E-state index is 0.813. The lowest BCUT2D eigenvalue weighted by molar-refractivity contribution is 0.766. The number of rotatable bonds is 4. The molecule has 0 aliphatic heterocycles. The molecule has 0 bridgehead atoms. The number of hydrogen-bond donors (Lipinski definition) is 1. The van der Waals surface area contributed by atoms with Crippen molar-refractivity contribution in [2.24, 2.45) is 5.10 Å². The smallest absolute Gasteiger partial charge is 0.115 e. The predicted octanol–water partition coefficient (Wildman–Crippen LogP) is 4.63. The van der Waals surface area contributed by atoms with E-state index in [-0.39, 0.29) is 0 Å². The molecule has 1 aromatic heterocycles. The van der Waals surface area contributed by atoms with Gasteiger partial charge in [-0.05, 0) is 48.0 Å². The maximum absolute atomic E-state index is 4.53. The van der Waals surface area contributed by atoms with Crippen LogP contribution in [-0.4, -0.2) is 21.2 Å². The van der Waals surface area contributed by atoms with Gasteiger partial charge in [0.05, 0.1) is 17.6 Å². The van der Waals surface area contributed by atoms with Crippen LogP contribution in [0, 0.1) is 0 Å². The summed E-state index contributed by atoms with van der Waals surface area (Å²) in [5.74, 6) is 0. The summed E-state index contributed by atoms with van der Waals surface area (Å²) in [6, 6.07) is 23.6. The van der Waals surface area contributed by atoms with Gasteiger partial charge in [-0.1, -0.05) is 46.3 Å². The number of halogens is 1. The highest BCUT2D eigenvalue weighted by Gasteiger charge is 2.05. The van der Waals surface area contributed by atoms with Crippen LogP contribution in [0.25, 0.3) is 16.7 Å². The number of hydrogen-bond acceptors (Lipinski definition) is 4. The number of nitrogens with zero attached hydrogens (tertiary/aromatic N) is 4. The second kappa shape index (κ2) is 6.86. The molecule has 25 heavy (non-hydrogen) atoms. The standard InChI is InChI=1S/C19H14BrN5/c20-15-8-6-14(7-9-15)13-21-22-16-10-11-18-19(12-16)24-25(23-18)17-4-2-1-3-5-17/h1-13,22H/b21-13-. The molecule has 4 aromatic rings. The SMILES string of the molecule is Brc1ccc(/C=N\Nc2ccc3nn(-c4ccccc4)nc3c2)cc1. The van der Waals surface area contributed by atoms with Crippen molar-refractivity contribution in [2.75, 3.05) is 5.43 Å². The van der Waals surface area contributed by atoms with Crippen LogP contribution in [0.5, 0.6) is 0 Å². The fourth-order valence-electron chi connectivity index (χ4n) is 2.39. The van der Waals surface area contributed by atoms with Gasteiger partial charge in [0.1, 0.15) is 11.0 Å². The zero-order chi connectivity index (χ0) is 17.1. The minimum Gasteiger partial charge on any atom is -0.278 e. The summed E-state index contributed by atoms with van der Waals surface area (Å²) in [4.78, 5) is 1.64. The van der Waals surface area contributed by atoms with Gasteiger partial charge in [0, 0.05) is 4.47 Å². The molecule has 0 fully saturated rings. The lowest BCUT2D eigenvalue weighted by atomic mass is 10.2. The van der Waals surface area contributed by atoms with E-state index in [1.165, 1.54) is 0 Å². The van der Waals surface area contributed by atoms with E-state index in [9.17, 15) is 0 Å². The lowest BCUT2D eigenvalue weighted by Gasteiger charge is -1.99. The highest BCUT2D eigenvalue weighted by atomic mass is 79.9. The molecule has 0 spiro atoms. The van der Waals surface area contributed by atoms with E-state index in [1.54, 1.807) is 11.0 Å². The fraction of sp³-hybridized carbons (Fsp3) is 0. The molecule has 0 aliphatic carbocycles. The van der Waals surface area contributed by atoms with Gasteiger partial charge in [-0.15, -0.1) is 10.2 Å². The maximum atomic E-state index is 4.53. The Morgan fingerprint density at radius 3 is 2.44 bits per heavy atom.